The molecule has 0 bridgehead atoms. The number of nitrogens with zero attached hydrogens (tertiary/aromatic N) is 1. The number of ether oxygens (including phenoxy) is 1. The average Bonchev–Trinajstić information content (AvgIpc) is 2.48. The SMILES string of the molecule is O=C(O)CCNC(=O)Nc1cc(Br)ccc1N1CCOCC1. The average molecular weight is 372 g/mol. The maximum atomic E-state index is 11.9. The van der Waals surface area contributed by atoms with Gasteiger partial charge in [0.25, 0.3) is 0 Å². The number of nitrogens with one attached hydrogen (secondary N) is 2. The summed E-state index contributed by atoms with van der Waals surface area (Å²) < 4.78 is 6.19. The third-order valence-electron chi connectivity index (χ3n) is 3.18. The predicted octanol–water partition coefficient (Wildman–Crippen LogP) is 1.88. The second kappa shape index (κ2) is 8.00. The summed E-state index contributed by atoms with van der Waals surface area (Å²) in [6.45, 7) is 2.91. The fraction of sp³-hybridized carbons (Fsp3) is 0.429. The van der Waals surface area contributed by atoms with Crippen molar-refractivity contribution in [3.05, 3.63) is 22.7 Å². The standard InChI is InChI=1S/C14H18BrN3O4/c15-10-1-2-12(18-5-7-22-8-6-18)11(9-10)17-14(21)16-4-3-13(19)20/h1-2,9H,3-8H2,(H,19,20)(H2,16,17,21). The summed E-state index contributed by atoms with van der Waals surface area (Å²) in [4.78, 5) is 24.5. The molecule has 0 spiro atoms. The van der Waals surface area contributed by atoms with Crippen LogP contribution in [0.2, 0.25) is 0 Å². The lowest BCUT2D eigenvalue weighted by Gasteiger charge is -2.30. The predicted molar refractivity (Wildman–Crippen MR) is 86.4 cm³/mol. The Kier molecular flexibility index (Phi) is 6.02. The van der Waals surface area contributed by atoms with E-state index in [1.54, 1.807) is 0 Å². The highest BCUT2D eigenvalue weighted by Gasteiger charge is 2.16. The van der Waals surface area contributed by atoms with Crippen molar-refractivity contribution in [3.63, 3.8) is 0 Å². The van der Waals surface area contributed by atoms with Gasteiger partial charge >= 0.3 is 12.0 Å². The molecule has 7 nitrogen and oxygen atoms in total. The Hall–Kier alpha value is -1.80. The number of rotatable bonds is 5. The van der Waals surface area contributed by atoms with Crippen molar-refractivity contribution in [2.75, 3.05) is 43.1 Å². The Morgan fingerprint density at radius 1 is 1.32 bits per heavy atom. The number of carboxylic acids is 1. The number of urea groups is 1. The van der Waals surface area contributed by atoms with Crippen molar-refractivity contribution in [1.82, 2.24) is 5.32 Å². The molecule has 22 heavy (non-hydrogen) atoms. The fourth-order valence-corrected chi connectivity index (χ4v) is 2.50. The van der Waals surface area contributed by atoms with Gasteiger partial charge in [0.2, 0.25) is 0 Å². The van der Waals surface area contributed by atoms with E-state index in [2.05, 4.69) is 31.5 Å². The first-order valence-electron chi connectivity index (χ1n) is 6.95. The summed E-state index contributed by atoms with van der Waals surface area (Å²) in [5.41, 5.74) is 1.59. The first kappa shape index (κ1) is 16.6. The molecule has 3 N–H and O–H groups in total. The van der Waals surface area contributed by atoms with Crippen molar-refractivity contribution in [3.8, 4) is 0 Å². The Bertz CT molecular complexity index is 547. The Morgan fingerprint density at radius 2 is 2.05 bits per heavy atom. The summed E-state index contributed by atoms with van der Waals surface area (Å²) in [6.07, 6.45) is -0.109. The molecule has 120 valence electrons. The van der Waals surface area contributed by atoms with E-state index in [-0.39, 0.29) is 13.0 Å². The van der Waals surface area contributed by atoms with Gasteiger partial charge in [-0.05, 0) is 18.2 Å². The highest BCUT2D eigenvalue weighted by molar-refractivity contribution is 9.10. The number of hydrogen-bond acceptors (Lipinski definition) is 4. The fourth-order valence-electron chi connectivity index (χ4n) is 2.14. The van der Waals surface area contributed by atoms with E-state index in [1.165, 1.54) is 0 Å². The van der Waals surface area contributed by atoms with Gasteiger partial charge < -0.3 is 25.4 Å². The molecule has 0 aliphatic carbocycles. The molecule has 1 aromatic rings. The number of carbonyl (C=O) groups is 2. The number of carboxylic acid groups (broad SMARTS) is 1. The van der Waals surface area contributed by atoms with Crippen LogP contribution in [0.15, 0.2) is 22.7 Å². The van der Waals surface area contributed by atoms with Crippen LogP contribution < -0.4 is 15.5 Å². The zero-order valence-electron chi connectivity index (χ0n) is 12.0. The first-order valence-corrected chi connectivity index (χ1v) is 7.74. The van der Waals surface area contributed by atoms with Gasteiger partial charge in [0.05, 0.1) is 31.0 Å². The van der Waals surface area contributed by atoms with Crippen molar-refractivity contribution >= 4 is 39.3 Å². The van der Waals surface area contributed by atoms with Crippen molar-refractivity contribution < 1.29 is 19.4 Å². The topological polar surface area (TPSA) is 90.9 Å². The summed E-state index contributed by atoms with van der Waals surface area (Å²) >= 11 is 3.39. The summed E-state index contributed by atoms with van der Waals surface area (Å²) in [5.74, 6) is -0.947. The molecule has 1 saturated heterocycles. The summed E-state index contributed by atoms with van der Waals surface area (Å²) in [5, 5.41) is 13.9. The molecular weight excluding hydrogens is 354 g/mol. The number of amides is 2. The van der Waals surface area contributed by atoms with Crippen LogP contribution in [-0.4, -0.2) is 50.0 Å². The van der Waals surface area contributed by atoms with Crippen LogP contribution in [0, 0.1) is 0 Å². The molecule has 2 amide bonds. The highest BCUT2D eigenvalue weighted by Crippen LogP contribution is 2.29. The first-order chi connectivity index (χ1) is 10.6. The van der Waals surface area contributed by atoms with Gasteiger partial charge in [-0.15, -0.1) is 0 Å². The molecule has 1 aliphatic heterocycles. The zero-order valence-corrected chi connectivity index (χ0v) is 13.6. The largest absolute Gasteiger partial charge is 0.481 e. The summed E-state index contributed by atoms with van der Waals surface area (Å²) in [6, 6.07) is 5.25. The van der Waals surface area contributed by atoms with Crippen molar-refractivity contribution in [2.45, 2.75) is 6.42 Å². The van der Waals surface area contributed by atoms with Gasteiger partial charge in [-0.2, -0.15) is 0 Å². The molecule has 0 radical (unpaired) electrons. The molecule has 2 rings (SSSR count). The number of benzene rings is 1. The van der Waals surface area contributed by atoms with Gasteiger partial charge in [-0.25, -0.2) is 4.79 Å². The second-order valence-corrected chi connectivity index (χ2v) is 5.70. The van der Waals surface area contributed by atoms with Gasteiger partial charge in [-0.1, -0.05) is 15.9 Å². The van der Waals surface area contributed by atoms with Crippen LogP contribution in [0.3, 0.4) is 0 Å². The molecule has 0 atom stereocenters. The second-order valence-electron chi connectivity index (χ2n) is 4.79. The number of aliphatic carboxylic acids is 1. The number of halogens is 1. The number of anilines is 2. The third kappa shape index (κ3) is 4.88. The molecule has 8 heteroatoms. The van der Waals surface area contributed by atoms with Crippen LogP contribution in [0.25, 0.3) is 0 Å². The van der Waals surface area contributed by atoms with Gasteiger partial charge in [-0.3, -0.25) is 4.79 Å². The number of hydrogen-bond donors (Lipinski definition) is 3. The Labute approximate surface area is 136 Å². The number of morpholine rings is 1. The number of carbonyl (C=O) groups excluding carboxylic acids is 1. The highest BCUT2D eigenvalue weighted by atomic mass is 79.9. The van der Waals surface area contributed by atoms with Gasteiger partial charge in [0, 0.05) is 24.1 Å². The maximum absolute atomic E-state index is 11.9. The van der Waals surface area contributed by atoms with Crippen LogP contribution in [0.5, 0.6) is 0 Å². The van der Waals surface area contributed by atoms with E-state index in [0.717, 1.165) is 23.2 Å². The van der Waals surface area contributed by atoms with Crippen molar-refractivity contribution in [1.29, 1.82) is 0 Å². The molecule has 0 aromatic heterocycles. The lowest BCUT2D eigenvalue weighted by atomic mass is 10.2. The van der Waals surface area contributed by atoms with Crippen LogP contribution in [0.4, 0.5) is 16.2 Å². The van der Waals surface area contributed by atoms with E-state index < -0.39 is 12.0 Å². The van der Waals surface area contributed by atoms with E-state index in [9.17, 15) is 9.59 Å². The van der Waals surface area contributed by atoms with E-state index >= 15 is 0 Å². The van der Waals surface area contributed by atoms with Gasteiger partial charge in [0.15, 0.2) is 0 Å². The molecule has 1 fully saturated rings. The lowest BCUT2D eigenvalue weighted by molar-refractivity contribution is -0.136. The van der Waals surface area contributed by atoms with Gasteiger partial charge in [0.1, 0.15) is 0 Å². The molecule has 1 aromatic carbocycles. The molecule has 1 aliphatic rings. The molecule has 0 saturated carbocycles. The lowest BCUT2D eigenvalue weighted by Crippen LogP contribution is -2.37. The molecular formula is C14H18BrN3O4. The van der Waals surface area contributed by atoms with E-state index in [4.69, 9.17) is 9.84 Å². The molecule has 0 unspecified atom stereocenters. The van der Waals surface area contributed by atoms with E-state index in [0.29, 0.717) is 18.9 Å². The van der Waals surface area contributed by atoms with Crippen LogP contribution in [0.1, 0.15) is 6.42 Å². The normalized spacial score (nSPS) is 14.5. The summed E-state index contributed by atoms with van der Waals surface area (Å²) in [7, 11) is 0. The smallest absolute Gasteiger partial charge is 0.319 e. The zero-order chi connectivity index (χ0) is 15.9. The molecule has 1 heterocycles. The Morgan fingerprint density at radius 3 is 2.73 bits per heavy atom. The van der Waals surface area contributed by atoms with Crippen LogP contribution in [-0.2, 0) is 9.53 Å². The minimum Gasteiger partial charge on any atom is -0.481 e. The monoisotopic (exact) mass is 371 g/mol. The van der Waals surface area contributed by atoms with Crippen molar-refractivity contribution in [2.24, 2.45) is 0 Å². The maximum Gasteiger partial charge on any atom is 0.319 e. The van der Waals surface area contributed by atoms with E-state index in [1.807, 2.05) is 18.2 Å². The Balaban J connectivity index is 2.03. The minimum absolute atomic E-state index is 0.0854. The minimum atomic E-state index is -0.947. The third-order valence-corrected chi connectivity index (χ3v) is 3.68. The quantitative estimate of drug-likeness (QED) is 0.734. The van der Waals surface area contributed by atoms with Crippen LogP contribution >= 0.6 is 15.9 Å².